The van der Waals surface area contributed by atoms with Crippen molar-refractivity contribution in [3.63, 3.8) is 0 Å². The Labute approximate surface area is 151 Å². The number of benzene rings is 1. The van der Waals surface area contributed by atoms with E-state index in [1.807, 2.05) is 40.6 Å². The van der Waals surface area contributed by atoms with E-state index < -0.39 is 0 Å². The fourth-order valence-corrected chi connectivity index (χ4v) is 3.60. The van der Waals surface area contributed by atoms with E-state index in [2.05, 4.69) is 10.3 Å². The van der Waals surface area contributed by atoms with Gasteiger partial charge in [-0.25, -0.2) is 9.78 Å². The third-order valence-electron chi connectivity index (χ3n) is 4.26. The molecule has 1 N–H and O–H groups in total. The van der Waals surface area contributed by atoms with Crippen LogP contribution in [0.5, 0.6) is 0 Å². The predicted octanol–water partition coefficient (Wildman–Crippen LogP) is 2.59. The molecule has 0 aliphatic carbocycles. The molecule has 132 valence electrons. The number of nitrogens with zero attached hydrogens (tertiary/aromatic N) is 3. The molecule has 6 nitrogen and oxygen atoms in total. The van der Waals surface area contributed by atoms with E-state index in [0.717, 1.165) is 24.4 Å². The summed E-state index contributed by atoms with van der Waals surface area (Å²) >= 11 is 1.53. The molecular formula is C18H22N4O2S. The Morgan fingerprint density at radius 1 is 1.36 bits per heavy atom. The van der Waals surface area contributed by atoms with Crippen LogP contribution in [0, 0.1) is 0 Å². The molecule has 1 aromatic carbocycles. The lowest BCUT2D eigenvalue weighted by molar-refractivity contribution is 0.0695. The van der Waals surface area contributed by atoms with Gasteiger partial charge in [-0.1, -0.05) is 18.2 Å². The van der Waals surface area contributed by atoms with Gasteiger partial charge in [0.05, 0.1) is 6.54 Å². The van der Waals surface area contributed by atoms with E-state index in [4.69, 9.17) is 0 Å². The standard InChI is InChI=1S/C18H22N4O2S/c1-21(13-16-19-9-11-25-16)18(24)20-15-8-5-10-22(12-15)17(23)14-6-3-2-4-7-14/h2-4,6-7,9,11,15H,5,8,10,12-13H2,1H3,(H,20,24). The highest BCUT2D eigenvalue weighted by molar-refractivity contribution is 7.09. The van der Waals surface area contributed by atoms with E-state index in [-0.39, 0.29) is 18.0 Å². The molecule has 7 heteroatoms. The number of aromatic nitrogens is 1. The summed E-state index contributed by atoms with van der Waals surface area (Å²) in [4.78, 5) is 32.6. The molecule has 0 radical (unpaired) electrons. The van der Waals surface area contributed by atoms with E-state index in [0.29, 0.717) is 18.7 Å². The van der Waals surface area contributed by atoms with Crippen molar-refractivity contribution in [3.05, 3.63) is 52.5 Å². The summed E-state index contributed by atoms with van der Waals surface area (Å²) in [5, 5.41) is 5.84. The maximum atomic E-state index is 12.6. The van der Waals surface area contributed by atoms with Crippen LogP contribution in [0.2, 0.25) is 0 Å². The zero-order valence-corrected chi connectivity index (χ0v) is 15.0. The number of thiazole rings is 1. The number of nitrogens with one attached hydrogen (secondary N) is 1. The number of urea groups is 1. The van der Waals surface area contributed by atoms with Gasteiger partial charge in [-0.3, -0.25) is 4.79 Å². The second-order valence-corrected chi connectivity index (χ2v) is 7.17. The fourth-order valence-electron chi connectivity index (χ4n) is 2.93. The molecule has 2 heterocycles. The number of likely N-dealkylation sites (tertiary alicyclic amines) is 1. The highest BCUT2D eigenvalue weighted by Crippen LogP contribution is 2.14. The maximum Gasteiger partial charge on any atom is 0.317 e. The lowest BCUT2D eigenvalue weighted by atomic mass is 10.0. The molecule has 3 amide bonds. The van der Waals surface area contributed by atoms with Crippen LogP contribution >= 0.6 is 11.3 Å². The molecule has 1 saturated heterocycles. The molecule has 1 aliphatic rings. The van der Waals surface area contributed by atoms with E-state index in [1.165, 1.54) is 11.3 Å². The van der Waals surface area contributed by atoms with Gasteiger partial charge in [-0.05, 0) is 25.0 Å². The first kappa shape index (κ1) is 17.4. The lowest BCUT2D eigenvalue weighted by Gasteiger charge is -2.34. The lowest BCUT2D eigenvalue weighted by Crippen LogP contribution is -2.52. The Bertz CT molecular complexity index is 705. The van der Waals surface area contributed by atoms with Gasteiger partial charge in [0.1, 0.15) is 5.01 Å². The minimum absolute atomic E-state index is 0.0207. The van der Waals surface area contributed by atoms with Gasteiger partial charge in [0, 0.05) is 43.3 Å². The molecule has 2 aromatic rings. The monoisotopic (exact) mass is 358 g/mol. The van der Waals surface area contributed by atoms with Crippen LogP contribution in [-0.4, -0.2) is 52.9 Å². The average molecular weight is 358 g/mol. The third-order valence-corrected chi connectivity index (χ3v) is 5.02. The van der Waals surface area contributed by atoms with Gasteiger partial charge in [0.2, 0.25) is 0 Å². The number of hydrogen-bond donors (Lipinski definition) is 1. The molecule has 1 atom stereocenters. The number of carbonyl (C=O) groups is 2. The summed E-state index contributed by atoms with van der Waals surface area (Å²) in [6.45, 7) is 1.77. The molecule has 25 heavy (non-hydrogen) atoms. The van der Waals surface area contributed by atoms with Crippen molar-refractivity contribution in [2.24, 2.45) is 0 Å². The first-order valence-corrected chi connectivity index (χ1v) is 9.26. The first-order valence-electron chi connectivity index (χ1n) is 8.38. The molecule has 0 bridgehead atoms. The highest BCUT2D eigenvalue weighted by atomic mass is 32.1. The zero-order chi connectivity index (χ0) is 17.6. The van der Waals surface area contributed by atoms with Crippen molar-refractivity contribution in [1.29, 1.82) is 0 Å². The second-order valence-electron chi connectivity index (χ2n) is 6.19. The second kappa shape index (κ2) is 8.11. The normalized spacial score (nSPS) is 17.2. The van der Waals surface area contributed by atoms with Crippen LogP contribution in [0.4, 0.5) is 4.79 Å². The van der Waals surface area contributed by atoms with Crippen molar-refractivity contribution in [2.75, 3.05) is 20.1 Å². The number of rotatable bonds is 4. The highest BCUT2D eigenvalue weighted by Gasteiger charge is 2.26. The summed E-state index contributed by atoms with van der Waals surface area (Å²) < 4.78 is 0. The number of amides is 3. The number of carbonyl (C=O) groups excluding carboxylic acids is 2. The SMILES string of the molecule is CN(Cc1nccs1)C(=O)NC1CCCN(C(=O)c2ccccc2)C1. The maximum absolute atomic E-state index is 12.6. The van der Waals surface area contributed by atoms with E-state index in [9.17, 15) is 9.59 Å². The summed E-state index contributed by atoms with van der Waals surface area (Å²) in [5.41, 5.74) is 0.690. The summed E-state index contributed by atoms with van der Waals surface area (Å²) in [7, 11) is 1.76. The Hall–Kier alpha value is -2.41. The van der Waals surface area contributed by atoms with Gasteiger partial charge in [-0.2, -0.15) is 0 Å². The topological polar surface area (TPSA) is 65.5 Å². The third kappa shape index (κ3) is 4.57. The molecule has 3 rings (SSSR count). The molecule has 1 aliphatic heterocycles. The Kier molecular flexibility index (Phi) is 5.65. The van der Waals surface area contributed by atoms with Crippen LogP contribution in [-0.2, 0) is 6.54 Å². The predicted molar refractivity (Wildman–Crippen MR) is 97.5 cm³/mol. The van der Waals surface area contributed by atoms with Crippen LogP contribution in [0.3, 0.4) is 0 Å². The van der Waals surface area contributed by atoms with Gasteiger partial charge in [0.15, 0.2) is 0 Å². The van der Waals surface area contributed by atoms with Crippen molar-refractivity contribution in [2.45, 2.75) is 25.4 Å². The first-order chi connectivity index (χ1) is 12.1. The zero-order valence-electron chi connectivity index (χ0n) is 14.2. The van der Waals surface area contributed by atoms with Crippen molar-refractivity contribution >= 4 is 23.3 Å². The van der Waals surface area contributed by atoms with Gasteiger partial charge in [0.25, 0.3) is 5.91 Å². The van der Waals surface area contributed by atoms with Crippen LogP contribution in [0.15, 0.2) is 41.9 Å². The average Bonchev–Trinajstić information content (AvgIpc) is 3.15. The Morgan fingerprint density at radius 2 is 2.16 bits per heavy atom. The molecule has 1 unspecified atom stereocenters. The summed E-state index contributed by atoms with van der Waals surface area (Å²) in [6.07, 6.45) is 3.51. The molecule has 1 aromatic heterocycles. The Morgan fingerprint density at radius 3 is 2.88 bits per heavy atom. The molecule has 1 fully saturated rings. The van der Waals surface area contributed by atoms with Crippen molar-refractivity contribution < 1.29 is 9.59 Å². The van der Waals surface area contributed by atoms with Gasteiger partial charge < -0.3 is 15.1 Å². The van der Waals surface area contributed by atoms with Crippen LogP contribution in [0.25, 0.3) is 0 Å². The summed E-state index contributed by atoms with van der Waals surface area (Å²) in [6, 6.07) is 9.13. The molecule has 0 saturated carbocycles. The largest absolute Gasteiger partial charge is 0.337 e. The quantitative estimate of drug-likeness (QED) is 0.914. The Balaban J connectivity index is 1.54. The van der Waals surface area contributed by atoms with Gasteiger partial charge in [-0.15, -0.1) is 11.3 Å². The minimum atomic E-state index is -0.130. The fraction of sp³-hybridized carbons (Fsp3) is 0.389. The molecule has 0 spiro atoms. The van der Waals surface area contributed by atoms with E-state index in [1.54, 1.807) is 18.1 Å². The van der Waals surface area contributed by atoms with Crippen LogP contribution < -0.4 is 5.32 Å². The van der Waals surface area contributed by atoms with Crippen molar-refractivity contribution in [3.8, 4) is 0 Å². The number of hydrogen-bond acceptors (Lipinski definition) is 4. The smallest absolute Gasteiger partial charge is 0.317 e. The minimum Gasteiger partial charge on any atom is -0.337 e. The molecular weight excluding hydrogens is 336 g/mol. The van der Waals surface area contributed by atoms with Crippen LogP contribution in [0.1, 0.15) is 28.2 Å². The number of piperidine rings is 1. The summed E-state index contributed by atoms with van der Waals surface area (Å²) in [5.74, 6) is 0.0238. The van der Waals surface area contributed by atoms with Crippen molar-refractivity contribution in [1.82, 2.24) is 20.1 Å². The van der Waals surface area contributed by atoms with Gasteiger partial charge >= 0.3 is 6.03 Å². The van der Waals surface area contributed by atoms with E-state index >= 15 is 0 Å².